The highest BCUT2D eigenvalue weighted by Gasteiger charge is 2.06. The van der Waals surface area contributed by atoms with Gasteiger partial charge in [0, 0.05) is 19.2 Å². The number of rotatable bonds is 7. The number of alkyl halides is 1. The fraction of sp³-hybridized carbons (Fsp3) is 0.250. The van der Waals surface area contributed by atoms with Gasteiger partial charge in [0.05, 0.1) is 10.0 Å². The zero-order chi connectivity index (χ0) is 15.9. The molecule has 0 bridgehead atoms. The highest BCUT2D eigenvalue weighted by molar-refractivity contribution is 7.90. The molecule has 0 saturated heterocycles. The predicted octanol–water partition coefficient (Wildman–Crippen LogP) is 2.24. The third-order valence-corrected chi connectivity index (χ3v) is 4.79. The number of carbonyl (C=O) groups excluding carboxylic acids is 1. The molecule has 0 aromatic heterocycles. The maximum Gasteiger partial charge on any atom is 0.244 e. The van der Waals surface area contributed by atoms with E-state index in [1.165, 1.54) is 6.08 Å². The van der Waals surface area contributed by atoms with Gasteiger partial charge in [0.2, 0.25) is 15.9 Å². The predicted molar refractivity (Wildman–Crippen MR) is 86.1 cm³/mol. The molecule has 9 heteroatoms. The van der Waals surface area contributed by atoms with Crippen molar-refractivity contribution in [3.63, 3.8) is 0 Å². The quantitative estimate of drug-likeness (QED) is 0.438. The average Bonchev–Trinajstić information content (AvgIpc) is 2.45. The molecule has 1 rings (SSSR count). The Hall–Kier alpha value is -0.790. The number of sulfonamides is 1. The molecule has 0 radical (unpaired) electrons. The summed E-state index contributed by atoms with van der Waals surface area (Å²) in [5.74, 6) is -0.355. The van der Waals surface area contributed by atoms with E-state index in [1.807, 2.05) is 0 Å². The monoisotopic (exact) mass is 370 g/mol. The summed E-state index contributed by atoms with van der Waals surface area (Å²) in [5, 5.41) is 2.84. The molecule has 0 unspecified atom stereocenters. The van der Waals surface area contributed by atoms with Gasteiger partial charge in [-0.25, -0.2) is 13.1 Å². The molecule has 0 heterocycles. The first kappa shape index (κ1) is 18.3. The molecule has 0 saturated carbocycles. The number of halogens is 3. The van der Waals surface area contributed by atoms with Crippen molar-refractivity contribution in [1.29, 1.82) is 0 Å². The molecule has 0 aliphatic carbocycles. The van der Waals surface area contributed by atoms with Crippen molar-refractivity contribution in [1.82, 2.24) is 10.0 Å². The van der Waals surface area contributed by atoms with Gasteiger partial charge in [0.1, 0.15) is 5.21 Å². The van der Waals surface area contributed by atoms with Crippen molar-refractivity contribution in [2.75, 3.05) is 18.3 Å². The van der Waals surface area contributed by atoms with Gasteiger partial charge in [-0.1, -0.05) is 29.3 Å². The van der Waals surface area contributed by atoms with Crippen molar-refractivity contribution in [2.24, 2.45) is 0 Å². The minimum absolute atomic E-state index is 0.0708. The lowest BCUT2D eigenvalue weighted by molar-refractivity contribution is -0.116. The second kappa shape index (κ2) is 8.60. The summed E-state index contributed by atoms with van der Waals surface area (Å²) < 4.78 is 24.3. The first-order valence-electron chi connectivity index (χ1n) is 5.78. The van der Waals surface area contributed by atoms with Gasteiger partial charge in [-0.2, -0.15) is 0 Å². The topological polar surface area (TPSA) is 75.3 Å². The van der Waals surface area contributed by atoms with Crippen LogP contribution in [-0.2, 0) is 14.8 Å². The number of nitrogens with one attached hydrogen (secondary N) is 2. The molecule has 0 aliphatic heterocycles. The van der Waals surface area contributed by atoms with Crippen LogP contribution >= 0.6 is 34.8 Å². The molecule has 5 nitrogen and oxygen atoms in total. The van der Waals surface area contributed by atoms with E-state index < -0.39 is 15.2 Å². The van der Waals surface area contributed by atoms with Crippen molar-refractivity contribution >= 4 is 56.8 Å². The summed E-state index contributed by atoms with van der Waals surface area (Å²) >= 11 is 16.8. The minimum atomic E-state index is -3.46. The molecular weight excluding hydrogens is 359 g/mol. The van der Waals surface area contributed by atoms with Crippen LogP contribution in [0.1, 0.15) is 5.56 Å². The van der Waals surface area contributed by atoms with E-state index in [1.54, 1.807) is 24.3 Å². The molecule has 21 heavy (non-hydrogen) atoms. The Labute approximate surface area is 138 Å². The molecule has 0 spiro atoms. The van der Waals surface area contributed by atoms with Crippen LogP contribution in [-0.4, -0.2) is 32.6 Å². The van der Waals surface area contributed by atoms with Crippen LogP contribution in [0.4, 0.5) is 0 Å². The molecule has 0 aliphatic rings. The van der Waals surface area contributed by atoms with Gasteiger partial charge in [-0.3, -0.25) is 4.79 Å². The van der Waals surface area contributed by atoms with Gasteiger partial charge < -0.3 is 5.32 Å². The number of hydrogen-bond donors (Lipinski definition) is 2. The lowest BCUT2D eigenvalue weighted by atomic mass is 10.2. The average molecular weight is 372 g/mol. The fourth-order valence-electron chi connectivity index (χ4n) is 1.28. The Balaban J connectivity index is 2.40. The standard InChI is InChI=1S/C12H13Cl3N2O3S/c13-8-21(19,20)17-6-5-16-12(18)4-2-9-1-3-10(14)11(15)7-9/h1-4,7,17H,5-6,8H2,(H,16,18). The molecule has 1 aromatic rings. The number of carbonyl (C=O) groups is 1. The van der Waals surface area contributed by atoms with Gasteiger partial charge in [0.25, 0.3) is 0 Å². The number of hydrogen-bond acceptors (Lipinski definition) is 3. The third-order valence-electron chi connectivity index (χ3n) is 2.26. The van der Waals surface area contributed by atoms with E-state index in [0.717, 1.165) is 5.56 Å². The molecule has 0 atom stereocenters. The summed E-state index contributed by atoms with van der Waals surface area (Å²) in [6.07, 6.45) is 2.89. The van der Waals surface area contributed by atoms with Crippen LogP contribution in [0.3, 0.4) is 0 Å². The first-order valence-corrected chi connectivity index (χ1v) is 8.72. The van der Waals surface area contributed by atoms with E-state index in [4.69, 9.17) is 34.8 Å². The summed E-state index contributed by atoms with van der Waals surface area (Å²) in [7, 11) is -3.46. The smallest absolute Gasteiger partial charge is 0.244 e. The first-order chi connectivity index (χ1) is 9.84. The van der Waals surface area contributed by atoms with Crippen LogP contribution in [0.25, 0.3) is 6.08 Å². The fourth-order valence-corrected chi connectivity index (χ4v) is 2.31. The molecule has 2 N–H and O–H groups in total. The van der Waals surface area contributed by atoms with Gasteiger partial charge in [-0.15, -0.1) is 11.6 Å². The zero-order valence-electron chi connectivity index (χ0n) is 10.8. The summed E-state index contributed by atoms with van der Waals surface area (Å²) in [5.41, 5.74) is 0.724. The molecule has 1 amide bonds. The van der Waals surface area contributed by atoms with Crippen molar-refractivity contribution in [3.05, 3.63) is 39.9 Å². The Kier molecular flexibility index (Phi) is 7.48. The Morgan fingerprint density at radius 1 is 1.19 bits per heavy atom. The Bertz CT molecular complexity index is 633. The van der Waals surface area contributed by atoms with E-state index in [0.29, 0.717) is 10.0 Å². The van der Waals surface area contributed by atoms with E-state index in [2.05, 4.69) is 10.0 Å². The lowest BCUT2D eigenvalue weighted by Gasteiger charge is -2.04. The van der Waals surface area contributed by atoms with Crippen LogP contribution in [0, 0.1) is 0 Å². The largest absolute Gasteiger partial charge is 0.351 e. The Morgan fingerprint density at radius 3 is 2.52 bits per heavy atom. The minimum Gasteiger partial charge on any atom is -0.351 e. The zero-order valence-corrected chi connectivity index (χ0v) is 13.9. The Morgan fingerprint density at radius 2 is 1.90 bits per heavy atom. The summed E-state index contributed by atoms with van der Waals surface area (Å²) in [6.45, 7) is 0.224. The van der Waals surface area contributed by atoms with Crippen LogP contribution in [0.2, 0.25) is 10.0 Å². The molecule has 116 valence electrons. The third kappa shape index (κ3) is 7.15. The highest BCUT2D eigenvalue weighted by atomic mass is 35.5. The summed E-state index contributed by atoms with van der Waals surface area (Å²) in [4.78, 5) is 11.5. The van der Waals surface area contributed by atoms with Crippen molar-refractivity contribution < 1.29 is 13.2 Å². The van der Waals surface area contributed by atoms with E-state index in [-0.39, 0.29) is 19.0 Å². The summed E-state index contributed by atoms with van der Waals surface area (Å²) in [6, 6.07) is 4.97. The van der Waals surface area contributed by atoms with E-state index in [9.17, 15) is 13.2 Å². The molecule has 1 aromatic carbocycles. The van der Waals surface area contributed by atoms with Gasteiger partial charge in [-0.05, 0) is 23.8 Å². The van der Waals surface area contributed by atoms with Crippen LogP contribution in [0.5, 0.6) is 0 Å². The second-order valence-electron chi connectivity index (χ2n) is 3.92. The van der Waals surface area contributed by atoms with Crippen molar-refractivity contribution in [2.45, 2.75) is 0 Å². The lowest BCUT2D eigenvalue weighted by Crippen LogP contribution is -2.34. The maximum atomic E-state index is 11.5. The van der Waals surface area contributed by atoms with Gasteiger partial charge in [0.15, 0.2) is 0 Å². The number of benzene rings is 1. The normalized spacial score (nSPS) is 11.8. The number of amides is 1. The maximum absolute atomic E-state index is 11.5. The van der Waals surface area contributed by atoms with E-state index >= 15 is 0 Å². The second-order valence-corrected chi connectivity index (χ2v) is 7.12. The van der Waals surface area contributed by atoms with Crippen LogP contribution < -0.4 is 10.0 Å². The molecular formula is C12H13Cl3N2O3S. The highest BCUT2D eigenvalue weighted by Crippen LogP contribution is 2.22. The molecule has 0 fully saturated rings. The van der Waals surface area contributed by atoms with Crippen LogP contribution in [0.15, 0.2) is 24.3 Å². The van der Waals surface area contributed by atoms with Gasteiger partial charge >= 0.3 is 0 Å². The van der Waals surface area contributed by atoms with Crippen molar-refractivity contribution in [3.8, 4) is 0 Å². The SMILES string of the molecule is O=C(C=Cc1ccc(Cl)c(Cl)c1)NCCNS(=O)(=O)CCl.